The Bertz CT molecular complexity index is 1740. The molecule has 4 rings (SSSR count). The van der Waals surface area contributed by atoms with Crippen molar-refractivity contribution in [1.29, 1.82) is 0 Å². The summed E-state index contributed by atoms with van der Waals surface area (Å²) >= 11 is 7.38. The Balaban J connectivity index is 1.78. The number of fused-ring (bicyclic) bond motifs is 3. The number of ketones is 2. The summed E-state index contributed by atoms with van der Waals surface area (Å²) in [6.45, 7) is 9.75. The predicted molar refractivity (Wildman–Crippen MR) is 168 cm³/mol. The SMILES string of the molecule is CC=CC(C(=O)c1ccc2c(c1)c1cc(C(=O)C(CSc3ccc(Cl)cc3)=NOC(C)=O)ccc1n2CC)=C(C)C. The number of rotatable bonds is 10. The molecular weight excluding hydrogens is 556 g/mol. The first-order valence-corrected chi connectivity index (χ1v) is 14.6. The largest absolute Gasteiger partial charge is 0.341 e. The molecule has 6 nitrogen and oxygen atoms in total. The summed E-state index contributed by atoms with van der Waals surface area (Å²) in [5, 5.41) is 6.24. The standard InChI is InChI=1S/C33H31ClN2O4S/c1-6-8-26(20(3)4)32(38)22-9-15-30-27(17-22)28-18-23(10-16-31(28)36(30)7-2)33(39)29(35-40-21(5)37)19-41-25-13-11-24(34)12-14-25/h6,8-18H,7,19H2,1-5H3. The van der Waals surface area contributed by atoms with Gasteiger partial charge in [-0.3, -0.25) is 9.59 Å². The zero-order valence-electron chi connectivity index (χ0n) is 23.7. The van der Waals surface area contributed by atoms with Crippen LogP contribution in [0.3, 0.4) is 0 Å². The molecule has 0 amide bonds. The molecule has 0 spiro atoms. The number of thioether (sulfide) groups is 1. The van der Waals surface area contributed by atoms with Gasteiger partial charge >= 0.3 is 5.97 Å². The molecule has 3 aromatic carbocycles. The summed E-state index contributed by atoms with van der Waals surface area (Å²) in [5.74, 6) is -0.819. The number of allylic oxidation sites excluding steroid dienone is 4. The molecule has 1 heterocycles. The third-order valence-electron chi connectivity index (χ3n) is 6.56. The lowest BCUT2D eigenvalue weighted by atomic mass is 9.97. The van der Waals surface area contributed by atoms with Crippen molar-refractivity contribution in [3.63, 3.8) is 0 Å². The van der Waals surface area contributed by atoms with Gasteiger partial charge in [0.25, 0.3) is 0 Å². The van der Waals surface area contributed by atoms with Gasteiger partial charge in [-0.15, -0.1) is 11.8 Å². The van der Waals surface area contributed by atoms with Crippen LogP contribution in [-0.2, 0) is 16.2 Å². The Kier molecular flexibility index (Phi) is 9.63. The van der Waals surface area contributed by atoms with E-state index in [2.05, 4.69) is 16.6 Å². The molecule has 0 saturated carbocycles. The molecule has 0 unspecified atom stereocenters. The van der Waals surface area contributed by atoms with E-state index in [-0.39, 0.29) is 23.0 Å². The first-order chi connectivity index (χ1) is 19.6. The number of carbonyl (C=O) groups is 3. The molecule has 0 fully saturated rings. The zero-order chi connectivity index (χ0) is 29.7. The van der Waals surface area contributed by atoms with Gasteiger partial charge in [0.05, 0.1) is 0 Å². The molecule has 0 N–H and O–H groups in total. The van der Waals surface area contributed by atoms with Gasteiger partial charge in [0.1, 0.15) is 5.71 Å². The van der Waals surface area contributed by atoms with Gasteiger partial charge in [0.2, 0.25) is 5.78 Å². The number of aromatic nitrogens is 1. The fourth-order valence-electron chi connectivity index (χ4n) is 4.62. The van der Waals surface area contributed by atoms with Crippen LogP contribution in [0.5, 0.6) is 0 Å². The lowest BCUT2D eigenvalue weighted by Gasteiger charge is -2.07. The third kappa shape index (κ3) is 6.69. The van der Waals surface area contributed by atoms with Crippen LogP contribution in [0.25, 0.3) is 21.8 Å². The first-order valence-electron chi connectivity index (χ1n) is 13.2. The van der Waals surface area contributed by atoms with Crippen molar-refractivity contribution in [1.82, 2.24) is 4.57 Å². The molecule has 41 heavy (non-hydrogen) atoms. The Morgan fingerprint density at radius 3 is 2.00 bits per heavy atom. The number of carbonyl (C=O) groups excluding carboxylic acids is 3. The Hall–Kier alpha value is -3.94. The summed E-state index contributed by atoms with van der Waals surface area (Å²) in [6, 6.07) is 18.4. The van der Waals surface area contributed by atoms with E-state index in [1.807, 2.05) is 75.4 Å². The van der Waals surface area contributed by atoms with Crippen LogP contribution in [0.2, 0.25) is 5.02 Å². The monoisotopic (exact) mass is 586 g/mol. The molecule has 0 aliphatic heterocycles. The normalized spacial score (nSPS) is 11.8. The molecule has 0 aliphatic rings. The minimum absolute atomic E-state index is 0.0512. The number of oxime groups is 1. The summed E-state index contributed by atoms with van der Waals surface area (Å²) in [5.41, 5.74) is 4.61. The fraction of sp³-hybridized carbons (Fsp3) is 0.212. The second-order valence-corrected chi connectivity index (χ2v) is 11.1. The number of Topliss-reactive ketones (excluding diaryl/α,β-unsaturated/α-hetero) is 2. The summed E-state index contributed by atoms with van der Waals surface area (Å²) in [6.07, 6.45) is 3.69. The Morgan fingerprint density at radius 1 is 0.902 bits per heavy atom. The molecule has 210 valence electrons. The maximum absolute atomic E-state index is 13.7. The van der Waals surface area contributed by atoms with Gasteiger partial charge in [0.15, 0.2) is 5.78 Å². The highest BCUT2D eigenvalue weighted by Crippen LogP contribution is 2.32. The van der Waals surface area contributed by atoms with Crippen molar-refractivity contribution in [2.24, 2.45) is 5.16 Å². The van der Waals surface area contributed by atoms with Crippen molar-refractivity contribution in [2.75, 3.05) is 5.75 Å². The van der Waals surface area contributed by atoms with Crippen molar-refractivity contribution in [3.05, 3.63) is 100 Å². The van der Waals surface area contributed by atoms with E-state index in [0.29, 0.717) is 21.7 Å². The van der Waals surface area contributed by atoms with Gasteiger partial charge in [-0.05, 0) is 88.4 Å². The van der Waals surface area contributed by atoms with Crippen molar-refractivity contribution in [2.45, 2.75) is 46.1 Å². The van der Waals surface area contributed by atoms with Gasteiger partial charge in [0, 0.05) is 67.6 Å². The van der Waals surface area contributed by atoms with Crippen LogP contribution in [0, 0.1) is 0 Å². The fourth-order valence-corrected chi connectivity index (χ4v) is 5.56. The van der Waals surface area contributed by atoms with E-state index < -0.39 is 5.97 Å². The average Bonchev–Trinajstić information content (AvgIpc) is 3.28. The smallest absolute Gasteiger partial charge is 0.331 e. The molecule has 4 aromatic rings. The number of benzene rings is 3. The number of nitrogens with zero attached hydrogens (tertiary/aromatic N) is 2. The quantitative estimate of drug-likeness (QED) is 0.0354. The van der Waals surface area contributed by atoms with Crippen molar-refractivity contribution >= 4 is 68.4 Å². The lowest BCUT2D eigenvalue weighted by molar-refractivity contribution is -0.140. The molecule has 0 saturated heterocycles. The lowest BCUT2D eigenvalue weighted by Crippen LogP contribution is -2.18. The van der Waals surface area contributed by atoms with Gasteiger partial charge in [-0.1, -0.05) is 34.5 Å². The van der Waals surface area contributed by atoms with E-state index >= 15 is 0 Å². The van der Waals surface area contributed by atoms with Gasteiger partial charge < -0.3 is 9.40 Å². The number of halogens is 1. The van der Waals surface area contributed by atoms with E-state index in [4.69, 9.17) is 16.4 Å². The summed E-state index contributed by atoms with van der Waals surface area (Å²) < 4.78 is 2.16. The first kappa shape index (κ1) is 30.0. The van der Waals surface area contributed by atoms with Crippen LogP contribution in [0.15, 0.2) is 94.0 Å². The molecular formula is C33H31ClN2O4S. The van der Waals surface area contributed by atoms with Crippen LogP contribution >= 0.6 is 23.4 Å². The topological polar surface area (TPSA) is 77.7 Å². The zero-order valence-corrected chi connectivity index (χ0v) is 25.2. The molecule has 0 bridgehead atoms. The number of hydrogen-bond donors (Lipinski definition) is 0. The van der Waals surface area contributed by atoms with Crippen molar-refractivity contribution in [3.8, 4) is 0 Å². The Morgan fingerprint density at radius 2 is 1.49 bits per heavy atom. The number of hydrogen-bond acceptors (Lipinski definition) is 6. The highest BCUT2D eigenvalue weighted by Gasteiger charge is 2.20. The molecule has 1 aromatic heterocycles. The van der Waals surface area contributed by atoms with Gasteiger partial charge in [-0.25, -0.2) is 4.79 Å². The average molecular weight is 587 g/mol. The predicted octanol–water partition coefficient (Wildman–Crippen LogP) is 8.46. The molecule has 8 heteroatoms. The third-order valence-corrected chi connectivity index (χ3v) is 7.83. The second kappa shape index (κ2) is 13.1. The molecule has 0 atom stereocenters. The van der Waals surface area contributed by atoms with Crippen LogP contribution in [0.1, 0.15) is 55.3 Å². The number of aryl methyl sites for hydroxylation is 1. The van der Waals surface area contributed by atoms with Gasteiger partial charge in [-0.2, -0.15) is 0 Å². The van der Waals surface area contributed by atoms with Crippen LogP contribution in [-0.4, -0.2) is 33.6 Å². The molecule has 0 radical (unpaired) electrons. The highest BCUT2D eigenvalue weighted by molar-refractivity contribution is 8.00. The second-order valence-electron chi connectivity index (χ2n) is 9.64. The van der Waals surface area contributed by atoms with Crippen LogP contribution in [0.4, 0.5) is 0 Å². The highest BCUT2D eigenvalue weighted by atomic mass is 35.5. The van der Waals surface area contributed by atoms with Crippen molar-refractivity contribution < 1.29 is 19.2 Å². The summed E-state index contributed by atoms with van der Waals surface area (Å²) in [4.78, 5) is 44.3. The van der Waals surface area contributed by atoms with Crippen LogP contribution < -0.4 is 0 Å². The minimum atomic E-state index is -0.612. The van der Waals surface area contributed by atoms with E-state index in [1.54, 1.807) is 18.2 Å². The van der Waals surface area contributed by atoms with E-state index in [0.717, 1.165) is 38.8 Å². The summed E-state index contributed by atoms with van der Waals surface area (Å²) in [7, 11) is 0. The minimum Gasteiger partial charge on any atom is -0.341 e. The molecule has 0 aliphatic carbocycles. The van der Waals surface area contributed by atoms with E-state index in [9.17, 15) is 14.4 Å². The maximum Gasteiger partial charge on any atom is 0.331 e. The maximum atomic E-state index is 13.7. The Labute approximate surface area is 248 Å². The van der Waals surface area contributed by atoms with E-state index in [1.165, 1.54) is 18.7 Å².